The molecule has 1 aliphatic heterocycles. The Kier molecular flexibility index (Phi) is 6.94. The van der Waals surface area contributed by atoms with Crippen LogP contribution >= 0.6 is 0 Å². The van der Waals surface area contributed by atoms with Crippen molar-refractivity contribution in [1.82, 2.24) is 9.80 Å². The number of carbonyl (C=O) groups is 1. The Bertz CT molecular complexity index is 324. The number of ether oxygens (including phenoxy) is 1. The molecule has 1 saturated heterocycles. The summed E-state index contributed by atoms with van der Waals surface area (Å²) in [6.45, 7) is 13.2. The van der Waals surface area contributed by atoms with Crippen LogP contribution in [0.3, 0.4) is 0 Å². The number of rotatable bonds is 5. The van der Waals surface area contributed by atoms with Gasteiger partial charge >= 0.3 is 6.09 Å². The molecule has 5 nitrogen and oxygen atoms in total. The summed E-state index contributed by atoms with van der Waals surface area (Å²) in [7, 11) is 0. The molecular weight excluding hydrogens is 266 g/mol. The number of piperidine rings is 1. The van der Waals surface area contributed by atoms with Crippen LogP contribution in [-0.4, -0.2) is 59.8 Å². The molecule has 0 aliphatic carbocycles. The van der Waals surface area contributed by atoms with Crippen molar-refractivity contribution in [3.8, 4) is 0 Å². The lowest BCUT2D eigenvalue weighted by atomic mass is 10.0. The van der Waals surface area contributed by atoms with Crippen LogP contribution in [-0.2, 0) is 4.74 Å². The van der Waals surface area contributed by atoms with E-state index in [2.05, 4.69) is 4.90 Å². The van der Waals surface area contributed by atoms with Crippen molar-refractivity contribution >= 4 is 6.09 Å². The topological polar surface area (TPSA) is 58.8 Å². The highest BCUT2D eigenvalue weighted by molar-refractivity contribution is 5.68. The number of amides is 1. The van der Waals surface area contributed by atoms with Crippen LogP contribution in [0, 0.1) is 0 Å². The van der Waals surface area contributed by atoms with E-state index in [4.69, 9.17) is 10.5 Å². The lowest BCUT2D eigenvalue weighted by molar-refractivity contribution is 0.00921. The summed E-state index contributed by atoms with van der Waals surface area (Å²) >= 11 is 0. The average Bonchev–Trinajstić information content (AvgIpc) is 2.35. The van der Waals surface area contributed by atoms with Crippen molar-refractivity contribution < 1.29 is 9.53 Å². The second-order valence-corrected chi connectivity index (χ2v) is 7.20. The SMILES string of the molecule is CC(C)N(C[C@@H]1CCCCN1CCN)C(=O)OC(C)(C)C. The Morgan fingerprint density at radius 1 is 1.38 bits per heavy atom. The monoisotopic (exact) mass is 299 g/mol. The molecule has 0 aromatic heterocycles. The highest BCUT2D eigenvalue weighted by Crippen LogP contribution is 2.20. The molecule has 2 N–H and O–H groups in total. The van der Waals surface area contributed by atoms with E-state index in [9.17, 15) is 4.79 Å². The van der Waals surface area contributed by atoms with Gasteiger partial charge in [0.15, 0.2) is 0 Å². The van der Waals surface area contributed by atoms with Crippen molar-refractivity contribution in [2.75, 3.05) is 26.2 Å². The van der Waals surface area contributed by atoms with E-state index in [1.165, 1.54) is 12.8 Å². The number of carbonyl (C=O) groups excluding carboxylic acids is 1. The number of nitrogens with zero attached hydrogens (tertiary/aromatic N) is 2. The van der Waals surface area contributed by atoms with Gasteiger partial charge in [-0.15, -0.1) is 0 Å². The first-order valence-electron chi connectivity index (χ1n) is 8.18. The van der Waals surface area contributed by atoms with Gasteiger partial charge in [-0.2, -0.15) is 0 Å². The number of nitrogens with two attached hydrogens (primary N) is 1. The Morgan fingerprint density at radius 3 is 2.57 bits per heavy atom. The van der Waals surface area contributed by atoms with E-state index in [1.807, 2.05) is 39.5 Å². The molecule has 0 bridgehead atoms. The summed E-state index contributed by atoms with van der Waals surface area (Å²) < 4.78 is 5.54. The summed E-state index contributed by atoms with van der Waals surface area (Å²) in [6, 6.07) is 0.540. The zero-order valence-electron chi connectivity index (χ0n) is 14.4. The molecule has 124 valence electrons. The quantitative estimate of drug-likeness (QED) is 0.847. The van der Waals surface area contributed by atoms with Crippen LogP contribution in [0.25, 0.3) is 0 Å². The van der Waals surface area contributed by atoms with Gasteiger partial charge in [0.1, 0.15) is 5.60 Å². The molecule has 0 aromatic carbocycles. The molecule has 1 rings (SSSR count). The third-order valence-electron chi connectivity index (χ3n) is 3.82. The molecule has 0 radical (unpaired) electrons. The lowest BCUT2D eigenvalue weighted by Gasteiger charge is -2.40. The fourth-order valence-electron chi connectivity index (χ4n) is 2.77. The Hall–Kier alpha value is -0.810. The Morgan fingerprint density at radius 2 is 2.05 bits per heavy atom. The van der Waals surface area contributed by atoms with Crippen molar-refractivity contribution in [2.45, 2.75) is 71.6 Å². The molecule has 0 spiro atoms. The molecule has 21 heavy (non-hydrogen) atoms. The fourth-order valence-corrected chi connectivity index (χ4v) is 2.77. The fraction of sp³-hybridized carbons (Fsp3) is 0.938. The van der Waals surface area contributed by atoms with Gasteiger partial charge in [0.25, 0.3) is 0 Å². The van der Waals surface area contributed by atoms with Crippen LogP contribution in [0.2, 0.25) is 0 Å². The van der Waals surface area contributed by atoms with E-state index in [-0.39, 0.29) is 12.1 Å². The maximum atomic E-state index is 12.4. The third kappa shape index (κ3) is 6.22. The maximum Gasteiger partial charge on any atom is 0.410 e. The first-order valence-corrected chi connectivity index (χ1v) is 8.18. The summed E-state index contributed by atoms with van der Waals surface area (Å²) in [5, 5.41) is 0. The summed E-state index contributed by atoms with van der Waals surface area (Å²) in [5.74, 6) is 0. The minimum absolute atomic E-state index is 0.140. The van der Waals surface area contributed by atoms with Gasteiger partial charge in [-0.25, -0.2) is 4.79 Å². The van der Waals surface area contributed by atoms with Crippen LogP contribution in [0.4, 0.5) is 4.79 Å². The average molecular weight is 299 g/mol. The third-order valence-corrected chi connectivity index (χ3v) is 3.82. The maximum absolute atomic E-state index is 12.4. The predicted molar refractivity (Wildman–Crippen MR) is 86.3 cm³/mol. The van der Waals surface area contributed by atoms with Gasteiger partial charge in [0.2, 0.25) is 0 Å². The molecule has 1 heterocycles. The normalized spacial score (nSPS) is 20.6. The first kappa shape index (κ1) is 18.2. The van der Waals surface area contributed by atoms with Crippen LogP contribution < -0.4 is 5.73 Å². The summed E-state index contributed by atoms with van der Waals surface area (Å²) in [4.78, 5) is 16.7. The number of hydrogen-bond acceptors (Lipinski definition) is 4. The molecule has 1 amide bonds. The standard InChI is InChI=1S/C16H33N3O2/c1-13(2)19(15(20)21-16(3,4)5)12-14-8-6-7-10-18(14)11-9-17/h13-14H,6-12,17H2,1-5H3/t14-/m0/s1. The molecule has 1 fully saturated rings. The van der Waals surface area contributed by atoms with Crippen molar-refractivity contribution in [2.24, 2.45) is 5.73 Å². The molecular formula is C16H33N3O2. The smallest absolute Gasteiger partial charge is 0.410 e. The molecule has 0 unspecified atom stereocenters. The molecule has 0 saturated carbocycles. The van der Waals surface area contributed by atoms with Crippen LogP contribution in [0.15, 0.2) is 0 Å². The van der Waals surface area contributed by atoms with Gasteiger partial charge in [0, 0.05) is 31.7 Å². The van der Waals surface area contributed by atoms with E-state index < -0.39 is 5.60 Å². The van der Waals surface area contributed by atoms with Crippen LogP contribution in [0.5, 0.6) is 0 Å². The van der Waals surface area contributed by atoms with E-state index in [0.717, 1.165) is 26.1 Å². The number of hydrogen-bond donors (Lipinski definition) is 1. The highest BCUT2D eigenvalue weighted by Gasteiger charge is 2.29. The summed E-state index contributed by atoms with van der Waals surface area (Å²) in [6.07, 6.45) is 3.37. The van der Waals surface area contributed by atoms with Crippen LogP contribution in [0.1, 0.15) is 53.9 Å². The number of likely N-dealkylation sites (tertiary alicyclic amines) is 1. The minimum Gasteiger partial charge on any atom is -0.444 e. The zero-order valence-corrected chi connectivity index (χ0v) is 14.4. The minimum atomic E-state index is -0.451. The molecule has 1 aliphatic rings. The second-order valence-electron chi connectivity index (χ2n) is 7.20. The van der Waals surface area contributed by atoms with Gasteiger partial charge in [-0.3, -0.25) is 4.90 Å². The van der Waals surface area contributed by atoms with Crippen molar-refractivity contribution in [3.05, 3.63) is 0 Å². The van der Waals surface area contributed by atoms with Gasteiger partial charge < -0.3 is 15.4 Å². The van der Waals surface area contributed by atoms with Gasteiger partial charge in [0.05, 0.1) is 0 Å². The van der Waals surface area contributed by atoms with Crippen molar-refractivity contribution in [1.29, 1.82) is 0 Å². The molecule has 0 aromatic rings. The van der Waals surface area contributed by atoms with E-state index >= 15 is 0 Å². The highest BCUT2D eigenvalue weighted by atomic mass is 16.6. The zero-order chi connectivity index (χ0) is 16.0. The Labute approximate surface area is 129 Å². The van der Waals surface area contributed by atoms with Gasteiger partial charge in [-0.1, -0.05) is 6.42 Å². The molecule has 1 atom stereocenters. The van der Waals surface area contributed by atoms with E-state index in [1.54, 1.807) is 0 Å². The summed E-state index contributed by atoms with van der Waals surface area (Å²) in [5.41, 5.74) is 5.26. The molecule has 5 heteroatoms. The van der Waals surface area contributed by atoms with E-state index in [0.29, 0.717) is 12.6 Å². The second kappa shape index (κ2) is 7.99. The van der Waals surface area contributed by atoms with Gasteiger partial charge in [-0.05, 0) is 54.0 Å². The first-order chi connectivity index (χ1) is 9.74. The predicted octanol–water partition coefficient (Wildman–Crippen LogP) is 2.45. The lowest BCUT2D eigenvalue weighted by Crippen LogP contribution is -2.52. The largest absolute Gasteiger partial charge is 0.444 e. The van der Waals surface area contributed by atoms with Crippen molar-refractivity contribution in [3.63, 3.8) is 0 Å². The Balaban J connectivity index is 2.70.